The molecule has 35 heavy (non-hydrogen) atoms. The van der Waals surface area contributed by atoms with Gasteiger partial charge in [-0.3, -0.25) is 0 Å². The average Bonchev–Trinajstić information content (AvgIpc) is 2.75. The molecule has 1 aliphatic carbocycles. The topological polar surface area (TPSA) is 93.9 Å². The molecule has 0 aliphatic heterocycles. The van der Waals surface area contributed by atoms with Crippen LogP contribution in [0.2, 0.25) is 0 Å². The number of alkyl halides is 6. The third-order valence-electron chi connectivity index (χ3n) is 6.06. The van der Waals surface area contributed by atoms with Crippen molar-refractivity contribution in [3.63, 3.8) is 0 Å². The molecule has 1 aliphatic rings. The summed E-state index contributed by atoms with van der Waals surface area (Å²) in [6.45, 7) is 3.86. The van der Waals surface area contributed by atoms with Gasteiger partial charge in [-0.1, -0.05) is 13.8 Å². The van der Waals surface area contributed by atoms with Crippen LogP contribution in [0.25, 0.3) is 0 Å². The summed E-state index contributed by atoms with van der Waals surface area (Å²) in [5.41, 5.74) is -3.02. The Kier molecular flexibility index (Phi) is 7.50. The van der Waals surface area contributed by atoms with Crippen LogP contribution in [0.1, 0.15) is 55.4 Å². The minimum atomic E-state index is -4.91. The van der Waals surface area contributed by atoms with Crippen LogP contribution in [0.5, 0.6) is 0 Å². The third kappa shape index (κ3) is 6.75. The molecule has 1 fully saturated rings. The van der Waals surface area contributed by atoms with Crippen LogP contribution in [0.3, 0.4) is 0 Å². The number of nitriles is 1. The molecule has 1 heterocycles. The number of hydrogen-bond donors (Lipinski definition) is 3. The van der Waals surface area contributed by atoms with Crippen LogP contribution in [0.4, 0.5) is 38.1 Å². The van der Waals surface area contributed by atoms with E-state index in [9.17, 15) is 36.7 Å². The Bertz CT molecular complexity index is 1060. The maximum absolute atomic E-state index is 13.1. The maximum atomic E-state index is 13.1. The highest BCUT2D eigenvalue weighted by Gasteiger charge is 2.37. The van der Waals surface area contributed by atoms with Gasteiger partial charge in [0.05, 0.1) is 23.4 Å². The molecule has 2 atom stereocenters. The lowest BCUT2D eigenvalue weighted by atomic mass is 9.73. The number of nitrogens with zero attached hydrogens (tertiary/aromatic N) is 3. The lowest BCUT2D eigenvalue weighted by Gasteiger charge is -2.40. The Morgan fingerprint density at radius 2 is 1.71 bits per heavy atom. The normalized spacial score (nSPS) is 20.2. The third-order valence-corrected chi connectivity index (χ3v) is 6.06. The van der Waals surface area contributed by atoms with Gasteiger partial charge in [0.1, 0.15) is 17.5 Å². The minimum Gasteiger partial charge on any atom is -0.393 e. The van der Waals surface area contributed by atoms with E-state index in [0.717, 1.165) is 0 Å². The second-order valence-corrected chi connectivity index (χ2v) is 9.29. The monoisotopic (exact) mass is 501 g/mol. The lowest BCUT2D eigenvalue weighted by Crippen LogP contribution is -2.41. The van der Waals surface area contributed by atoms with E-state index in [1.54, 1.807) is 0 Å². The van der Waals surface area contributed by atoms with Crippen LogP contribution in [0.15, 0.2) is 24.4 Å². The first kappa shape index (κ1) is 26.5. The zero-order valence-corrected chi connectivity index (χ0v) is 19.1. The van der Waals surface area contributed by atoms with Gasteiger partial charge in [0.2, 0.25) is 5.95 Å². The Labute approximate surface area is 198 Å². The predicted molar refractivity (Wildman–Crippen MR) is 116 cm³/mol. The fourth-order valence-corrected chi connectivity index (χ4v) is 4.08. The van der Waals surface area contributed by atoms with Gasteiger partial charge >= 0.3 is 12.4 Å². The smallest absolute Gasteiger partial charge is 0.393 e. The zero-order valence-electron chi connectivity index (χ0n) is 19.1. The quantitative estimate of drug-likeness (QED) is 0.460. The molecule has 0 spiro atoms. The first-order valence-corrected chi connectivity index (χ1v) is 10.9. The standard InChI is InChI=1S/C23H25F6N5O/c1-21(2)10-17(3-4-18(21)35)33-19-14(11-30)12-32-20(34-19)31-6-5-13-7-15(22(24,25)26)9-16(8-13)23(27,28)29/h7-9,12,17-18,35H,3-6,10H2,1-2H3,(H2,31,32,33,34)/t17-,18+/m1/s1. The van der Waals surface area contributed by atoms with Crippen molar-refractivity contribution in [3.8, 4) is 6.07 Å². The van der Waals surface area contributed by atoms with Gasteiger partial charge < -0.3 is 15.7 Å². The highest BCUT2D eigenvalue weighted by Crippen LogP contribution is 2.38. The molecule has 190 valence electrons. The number of aliphatic hydroxyl groups excluding tert-OH is 1. The number of nitrogens with one attached hydrogen (secondary N) is 2. The van der Waals surface area contributed by atoms with Crippen molar-refractivity contribution in [2.24, 2.45) is 5.41 Å². The van der Waals surface area contributed by atoms with Crippen molar-refractivity contribution in [1.29, 1.82) is 5.26 Å². The summed E-state index contributed by atoms with van der Waals surface area (Å²) in [7, 11) is 0. The van der Waals surface area contributed by atoms with E-state index < -0.39 is 29.6 Å². The van der Waals surface area contributed by atoms with Gasteiger partial charge in [-0.2, -0.15) is 36.6 Å². The van der Waals surface area contributed by atoms with Gasteiger partial charge in [0.15, 0.2) is 0 Å². The second kappa shape index (κ2) is 9.89. The van der Waals surface area contributed by atoms with Gasteiger partial charge in [0.25, 0.3) is 0 Å². The Morgan fingerprint density at radius 3 is 2.26 bits per heavy atom. The molecule has 3 rings (SSSR count). The predicted octanol–water partition coefficient (Wildman–Crippen LogP) is 5.39. The Hall–Kier alpha value is -3.07. The Morgan fingerprint density at radius 1 is 1.09 bits per heavy atom. The molecule has 0 radical (unpaired) electrons. The summed E-state index contributed by atoms with van der Waals surface area (Å²) in [6, 6.07) is 3.39. The molecular weight excluding hydrogens is 476 g/mol. The lowest BCUT2D eigenvalue weighted by molar-refractivity contribution is -0.143. The molecule has 1 aromatic heterocycles. The molecule has 12 heteroatoms. The summed E-state index contributed by atoms with van der Waals surface area (Å²) >= 11 is 0. The molecular formula is C23H25F6N5O. The average molecular weight is 501 g/mol. The first-order valence-electron chi connectivity index (χ1n) is 10.9. The van der Waals surface area contributed by atoms with E-state index in [-0.39, 0.29) is 53.4 Å². The van der Waals surface area contributed by atoms with Crippen LogP contribution in [-0.2, 0) is 18.8 Å². The maximum Gasteiger partial charge on any atom is 0.416 e. The van der Waals surface area contributed by atoms with Crippen LogP contribution >= 0.6 is 0 Å². The largest absolute Gasteiger partial charge is 0.416 e. The number of anilines is 2. The summed E-state index contributed by atoms with van der Waals surface area (Å²) in [5, 5.41) is 25.5. The van der Waals surface area contributed by atoms with Crippen molar-refractivity contribution in [3.05, 3.63) is 46.6 Å². The fourth-order valence-electron chi connectivity index (χ4n) is 4.08. The second-order valence-electron chi connectivity index (χ2n) is 9.29. The summed E-state index contributed by atoms with van der Waals surface area (Å²) in [6.07, 6.45) is -7.23. The molecule has 1 saturated carbocycles. The van der Waals surface area contributed by atoms with E-state index in [1.165, 1.54) is 6.20 Å². The molecule has 0 saturated heterocycles. The molecule has 3 N–H and O–H groups in total. The number of halogens is 6. The van der Waals surface area contributed by atoms with Crippen molar-refractivity contribution in [2.45, 2.75) is 64.0 Å². The number of aromatic nitrogens is 2. The van der Waals surface area contributed by atoms with E-state index in [0.29, 0.717) is 31.4 Å². The zero-order chi connectivity index (χ0) is 26.0. The van der Waals surface area contributed by atoms with E-state index in [1.807, 2.05) is 19.9 Å². The summed E-state index contributed by atoms with van der Waals surface area (Å²) < 4.78 is 78.3. The Balaban J connectivity index is 1.71. The number of hydrogen-bond acceptors (Lipinski definition) is 6. The molecule has 6 nitrogen and oxygen atoms in total. The highest BCUT2D eigenvalue weighted by molar-refractivity contribution is 5.54. The van der Waals surface area contributed by atoms with Crippen molar-refractivity contribution >= 4 is 11.8 Å². The van der Waals surface area contributed by atoms with Gasteiger partial charge in [0, 0.05) is 12.6 Å². The molecule has 0 bridgehead atoms. The van der Waals surface area contributed by atoms with E-state index in [4.69, 9.17) is 0 Å². The number of aliphatic hydroxyl groups is 1. The molecule has 0 unspecified atom stereocenters. The van der Waals surface area contributed by atoms with Gasteiger partial charge in [-0.15, -0.1) is 0 Å². The molecule has 0 amide bonds. The van der Waals surface area contributed by atoms with Crippen molar-refractivity contribution in [1.82, 2.24) is 9.97 Å². The molecule has 1 aromatic carbocycles. The summed E-state index contributed by atoms with van der Waals surface area (Å²) in [5.74, 6) is 0.338. The van der Waals surface area contributed by atoms with Crippen LogP contribution < -0.4 is 10.6 Å². The SMILES string of the molecule is CC1(C)C[C@H](Nc2nc(NCCc3cc(C(F)(F)F)cc(C(F)(F)F)c3)ncc2C#N)CC[C@@H]1O. The van der Waals surface area contributed by atoms with Gasteiger partial charge in [-0.25, -0.2) is 4.98 Å². The molecule has 2 aromatic rings. The van der Waals surface area contributed by atoms with Gasteiger partial charge in [-0.05, 0) is 54.9 Å². The van der Waals surface area contributed by atoms with E-state index in [2.05, 4.69) is 20.6 Å². The number of benzene rings is 1. The minimum absolute atomic E-state index is 0.0351. The fraction of sp³-hybridized carbons (Fsp3) is 0.522. The van der Waals surface area contributed by atoms with Crippen molar-refractivity contribution in [2.75, 3.05) is 17.2 Å². The van der Waals surface area contributed by atoms with Crippen LogP contribution in [-0.4, -0.2) is 33.8 Å². The van der Waals surface area contributed by atoms with E-state index >= 15 is 0 Å². The van der Waals surface area contributed by atoms with Crippen LogP contribution in [0, 0.1) is 16.7 Å². The van der Waals surface area contributed by atoms with Crippen molar-refractivity contribution < 1.29 is 31.4 Å². The summed E-state index contributed by atoms with van der Waals surface area (Å²) in [4.78, 5) is 8.27. The highest BCUT2D eigenvalue weighted by atomic mass is 19.4. The first-order chi connectivity index (χ1) is 16.2. The number of rotatable bonds is 6.